The lowest BCUT2D eigenvalue weighted by Gasteiger charge is -2.32. The number of sulfonamides is 1. The number of benzene rings is 4. The number of unbranched alkanes of at least 4 members (excludes halogenated alkanes) is 1. The van der Waals surface area contributed by atoms with E-state index in [0.717, 1.165) is 40.3 Å². The number of rotatable bonds is 13. The summed E-state index contributed by atoms with van der Waals surface area (Å²) in [4.78, 5) is 29.7. The average Bonchev–Trinajstić information content (AvgIpc) is 3.23. The van der Waals surface area contributed by atoms with E-state index in [1.54, 1.807) is 17.0 Å². The number of amides is 2. The van der Waals surface area contributed by atoms with E-state index in [1.807, 2.05) is 85.8 Å². The molecule has 1 heterocycles. The van der Waals surface area contributed by atoms with E-state index in [2.05, 4.69) is 12.2 Å². The molecule has 1 N–H and O–H groups in total. The zero-order valence-corrected chi connectivity index (χ0v) is 25.6. The third kappa shape index (κ3) is 6.59. The molecule has 0 aromatic heterocycles. The highest BCUT2D eigenvalue weighted by atomic mass is 32.2. The highest BCUT2D eigenvalue weighted by molar-refractivity contribution is 7.93. The van der Waals surface area contributed by atoms with E-state index < -0.39 is 16.1 Å². The van der Waals surface area contributed by atoms with Gasteiger partial charge in [-0.1, -0.05) is 92.2 Å². The van der Waals surface area contributed by atoms with Gasteiger partial charge in [-0.05, 0) is 54.0 Å². The summed E-state index contributed by atoms with van der Waals surface area (Å²) in [6.45, 7) is 5.08. The molecule has 43 heavy (non-hydrogen) atoms. The van der Waals surface area contributed by atoms with Crippen molar-refractivity contribution in [3.63, 3.8) is 0 Å². The van der Waals surface area contributed by atoms with Crippen molar-refractivity contribution in [2.75, 3.05) is 17.4 Å². The SMILES string of the molecule is CCCCNC(=O)C(Cc1ccccc1)N(Cc1ccccc1C)C(=O)CCCN1c2cccc3cccc(c23)S1(=O)=O. The molecule has 7 nitrogen and oxygen atoms in total. The number of nitrogens with zero attached hydrogens (tertiary/aromatic N) is 2. The molecule has 5 rings (SSSR count). The minimum absolute atomic E-state index is 0.109. The first-order valence-corrected chi connectivity index (χ1v) is 16.5. The second kappa shape index (κ2) is 13.4. The van der Waals surface area contributed by atoms with Crippen LogP contribution in [0.4, 0.5) is 5.69 Å². The van der Waals surface area contributed by atoms with Gasteiger partial charge in [-0.3, -0.25) is 13.9 Å². The Labute approximate surface area is 254 Å². The van der Waals surface area contributed by atoms with Crippen LogP contribution in [0.15, 0.2) is 95.9 Å². The number of nitrogens with one attached hydrogen (secondary N) is 1. The van der Waals surface area contributed by atoms with Crippen molar-refractivity contribution >= 4 is 38.3 Å². The monoisotopic (exact) mass is 597 g/mol. The minimum atomic E-state index is -3.71. The van der Waals surface area contributed by atoms with Crippen molar-refractivity contribution in [2.45, 2.75) is 63.4 Å². The molecule has 0 radical (unpaired) electrons. The summed E-state index contributed by atoms with van der Waals surface area (Å²) in [5.74, 6) is -0.356. The molecule has 224 valence electrons. The maximum Gasteiger partial charge on any atom is 0.265 e. The van der Waals surface area contributed by atoms with Gasteiger partial charge in [-0.15, -0.1) is 0 Å². The third-order valence-corrected chi connectivity index (χ3v) is 9.99. The predicted molar refractivity (Wildman–Crippen MR) is 171 cm³/mol. The van der Waals surface area contributed by atoms with E-state index in [9.17, 15) is 18.0 Å². The number of carbonyl (C=O) groups excluding carboxylic acids is 2. The lowest BCUT2D eigenvalue weighted by molar-refractivity contribution is -0.141. The van der Waals surface area contributed by atoms with Gasteiger partial charge in [-0.2, -0.15) is 0 Å². The predicted octanol–water partition coefficient (Wildman–Crippen LogP) is 5.99. The number of aryl methyl sites for hydroxylation is 1. The van der Waals surface area contributed by atoms with Crippen molar-refractivity contribution in [2.24, 2.45) is 0 Å². The first-order valence-electron chi connectivity index (χ1n) is 15.0. The van der Waals surface area contributed by atoms with E-state index >= 15 is 0 Å². The normalized spacial score (nSPS) is 14.0. The Hall–Kier alpha value is -4.17. The summed E-state index contributed by atoms with van der Waals surface area (Å²) in [5.41, 5.74) is 3.63. The van der Waals surface area contributed by atoms with Crippen LogP contribution >= 0.6 is 0 Å². The summed E-state index contributed by atoms with van der Waals surface area (Å²) in [7, 11) is -3.71. The van der Waals surface area contributed by atoms with Crippen molar-refractivity contribution in [3.05, 3.63) is 108 Å². The molecular formula is C35H39N3O4S. The van der Waals surface area contributed by atoms with Crippen LogP contribution in [0.5, 0.6) is 0 Å². The quantitative estimate of drug-likeness (QED) is 0.192. The molecule has 0 saturated carbocycles. The fourth-order valence-electron chi connectivity index (χ4n) is 5.75. The average molecular weight is 598 g/mol. The number of hydrogen-bond acceptors (Lipinski definition) is 4. The van der Waals surface area contributed by atoms with Gasteiger partial charge in [0.15, 0.2) is 0 Å². The van der Waals surface area contributed by atoms with Gasteiger partial charge in [0.2, 0.25) is 11.8 Å². The summed E-state index contributed by atoms with van der Waals surface area (Å²) >= 11 is 0. The first-order chi connectivity index (χ1) is 20.8. The Bertz CT molecular complexity index is 1700. The Morgan fingerprint density at radius 3 is 2.35 bits per heavy atom. The summed E-state index contributed by atoms with van der Waals surface area (Å²) < 4.78 is 28.3. The molecule has 4 aromatic carbocycles. The van der Waals surface area contributed by atoms with Crippen LogP contribution in [0.3, 0.4) is 0 Å². The van der Waals surface area contributed by atoms with Crippen LogP contribution in [0.1, 0.15) is 49.3 Å². The lowest BCUT2D eigenvalue weighted by Crippen LogP contribution is -2.50. The van der Waals surface area contributed by atoms with Crippen LogP contribution in [0.2, 0.25) is 0 Å². The lowest BCUT2D eigenvalue weighted by atomic mass is 10.0. The number of hydrogen-bond donors (Lipinski definition) is 1. The molecule has 0 bridgehead atoms. The summed E-state index contributed by atoms with van der Waals surface area (Å²) in [5, 5.41) is 4.65. The molecule has 1 aliphatic heterocycles. The van der Waals surface area contributed by atoms with Gasteiger partial charge in [0.05, 0.1) is 10.6 Å². The number of anilines is 1. The zero-order valence-electron chi connectivity index (χ0n) is 24.8. The molecule has 1 atom stereocenters. The van der Waals surface area contributed by atoms with E-state index in [1.165, 1.54) is 4.31 Å². The molecule has 8 heteroatoms. The van der Waals surface area contributed by atoms with Crippen LogP contribution in [-0.2, 0) is 32.6 Å². The fraction of sp³-hybridized carbons (Fsp3) is 0.314. The fourth-order valence-corrected chi connectivity index (χ4v) is 7.50. The van der Waals surface area contributed by atoms with E-state index in [4.69, 9.17) is 0 Å². The topological polar surface area (TPSA) is 86.8 Å². The standard InChI is InChI=1S/C35H39N3O4S/c1-3-4-22-36-35(40)31(24-27-14-6-5-7-15-27)37(25-29-16-9-8-13-26(29)2)33(39)21-12-23-38-30-19-10-17-28-18-11-20-32(34(28)30)43(38,41)42/h5-11,13-20,31H,3-4,12,21-25H2,1-2H3,(H,36,40). The molecule has 0 aliphatic carbocycles. The maximum atomic E-state index is 14.0. The third-order valence-electron chi connectivity index (χ3n) is 8.14. The summed E-state index contributed by atoms with van der Waals surface area (Å²) in [6.07, 6.45) is 2.62. The van der Waals surface area contributed by atoms with Crippen LogP contribution in [-0.4, -0.2) is 44.3 Å². The molecule has 2 amide bonds. The van der Waals surface area contributed by atoms with Crippen molar-refractivity contribution in [1.29, 1.82) is 0 Å². The molecule has 1 aliphatic rings. The smallest absolute Gasteiger partial charge is 0.265 e. The molecule has 0 spiro atoms. The Kier molecular flexibility index (Phi) is 9.46. The van der Waals surface area contributed by atoms with Gasteiger partial charge in [0.1, 0.15) is 6.04 Å². The highest BCUT2D eigenvalue weighted by Crippen LogP contribution is 2.42. The van der Waals surface area contributed by atoms with Gasteiger partial charge >= 0.3 is 0 Å². The van der Waals surface area contributed by atoms with Crippen LogP contribution in [0.25, 0.3) is 10.8 Å². The van der Waals surface area contributed by atoms with Gasteiger partial charge in [-0.25, -0.2) is 8.42 Å². The van der Waals surface area contributed by atoms with Crippen molar-refractivity contribution in [3.8, 4) is 0 Å². The van der Waals surface area contributed by atoms with Crippen molar-refractivity contribution < 1.29 is 18.0 Å². The molecule has 4 aromatic rings. The molecular weight excluding hydrogens is 558 g/mol. The Morgan fingerprint density at radius 2 is 1.60 bits per heavy atom. The van der Waals surface area contributed by atoms with Gasteiger partial charge in [0, 0.05) is 37.9 Å². The molecule has 0 fully saturated rings. The van der Waals surface area contributed by atoms with E-state index in [0.29, 0.717) is 30.0 Å². The second-order valence-corrected chi connectivity index (χ2v) is 12.9. The van der Waals surface area contributed by atoms with E-state index in [-0.39, 0.29) is 31.3 Å². The summed E-state index contributed by atoms with van der Waals surface area (Å²) in [6, 6.07) is 27.8. The molecule has 0 saturated heterocycles. The Morgan fingerprint density at radius 1 is 0.884 bits per heavy atom. The second-order valence-electron chi connectivity index (χ2n) is 11.1. The van der Waals surface area contributed by atoms with Crippen molar-refractivity contribution in [1.82, 2.24) is 10.2 Å². The van der Waals surface area contributed by atoms with Gasteiger partial charge < -0.3 is 10.2 Å². The highest BCUT2D eigenvalue weighted by Gasteiger charge is 2.36. The Balaban J connectivity index is 1.39. The van der Waals surface area contributed by atoms with Gasteiger partial charge in [0.25, 0.3) is 10.0 Å². The molecule has 1 unspecified atom stereocenters. The first kappa shape index (κ1) is 30.3. The zero-order chi connectivity index (χ0) is 30.4. The van der Waals surface area contributed by atoms with Crippen LogP contribution in [0, 0.1) is 6.92 Å². The largest absolute Gasteiger partial charge is 0.354 e. The van der Waals surface area contributed by atoms with Crippen LogP contribution < -0.4 is 9.62 Å². The number of carbonyl (C=O) groups is 2. The minimum Gasteiger partial charge on any atom is -0.354 e. The maximum absolute atomic E-state index is 14.0.